The maximum Gasteiger partial charge on any atom is 0.239 e. The molecule has 1 spiro atoms. The lowest BCUT2D eigenvalue weighted by molar-refractivity contribution is -0.117. The molecule has 2 fully saturated rings. The number of nitrogens with zero attached hydrogens (tertiary/aromatic N) is 2. The van der Waals surface area contributed by atoms with Crippen LogP contribution in [0.3, 0.4) is 0 Å². The first-order chi connectivity index (χ1) is 9.15. The molecule has 0 aliphatic carbocycles. The summed E-state index contributed by atoms with van der Waals surface area (Å²) >= 11 is 0. The number of carbonyl (C=O) groups excluding carboxylic acids is 1. The number of amides is 1. The number of aryl methyl sites for hydroxylation is 1. The van der Waals surface area contributed by atoms with Crippen LogP contribution in [0.4, 0.5) is 5.82 Å². The Morgan fingerprint density at radius 1 is 1.60 bits per heavy atom. The molecule has 2 aliphatic heterocycles. The van der Waals surface area contributed by atoms with E-state index in [9.17, 15) is 4.79 Å². The van der Waals surface area contributed by atoms with Gasteiger partial charge >= 0.3 is 0 Å². The molecular weight excluding hydrogens is 280 g/mol. The van der Waals surface area contributed by atoms with Gasteiger partial charge in [0.1, 0.15) is 5.76 Å². The number of hydrogen-bond donors (Lipinski definition) is 2. The number of rotatable bonds is 3. The van der Waals surface area contributed by atoms with Crippen LogP contribution >= 0.6 is 12.4 Å². The highest BCUT2D eigenvalue weighted by molar-refractivity contribution is 5.91. The summed E-state index contributed by atoms with van der Waals surface area (Å²) in [5.41, 5.74) is 0.407. The molecule has 2 saturated heterocycles. The fourth-order valence-electron chi connectivity index (χ4n) is 3.12. The van der Waals surface area contributed by atoms with Crippen molar-refractivity contribution in [3.8, 4) is 0 Å². The van der Waals surface area contributed by atoms with Gasteiger partial charge in [-0.3, -0.25) is 9.69 Å². The van der Waals surface area contributed by atoms with Crippen LogP contribution in [0.1, 0.15) is 18.6 Å². The maximum absolute atomic E-state index is 11.9. The average Bonchev–Trinajstić information content (AvgIpc) is 3.05. The predicted molar refractivity (Wildman–Crippen MR) is 78.1 cm³/mol. The van der Waals surface area contributed by atoms with Gasteiger partial charge < -0.3 is 15.2 Å². The Morgan fingerprint density at radius 3 is 3.10 bits per heavy atom. The molecule has 1 aromatic heterocycles. The van der Waals surface area contributed by atoms with Gasteiger partial charge in [-0.15, -0.1) is 12.4 Å². The third-order valence-corrected chi connectivity index (χ3v) is 4.11. The molecule has 7 heteroatoms. The zero-order valence-electron chi connectivity index (χ0n) is 11.6. The lowest BCUT2D eigenvalue weighted by Gasteiger charge is -2.22. The zero-order valence-corrected chi connectivity index (χ0v) is 12.5. The van der Waals surface area contributed by atoms with Crippen LogP contribution in [0.5, 0.6) is 0 Å². The summed E-state index contributed by atoms with van der Waals surface area (Å²) in [6.45, 7) is 6.47. The van der Waals surface area contributed by atoms with Gasteiger partial charge in [0.05, 0.1) is 6.54 Å². The number of hydrogen-bond acceptors (Lipinski definition) is 5. The summed E-state index contributed by atoms with van der Waals surface area (Å²) in [5.74, 6) is 1.18. The first-order valence-electron chi connectivity index (χ1n) is 6.82. The molecule has 1 unspecified atom stereocenters. The predicted octanol–water partition coefficient (Wildman–Crippen LogP) is 1.03. The van der Waals surface area contributed by atoms with Gasteiger partial charge in [-0.25, -0.2) is 0 Å². The van der Waals surface area contributed by atoms with E-state index in [1.807, 2.05) is 0 Å². The van der Waals surface area contributed by atoms with E-state index in [0.29, 0.717) is 23.5 Å². The number of anilines is 1. The third-order valence-electron chi connectivity index (χ3n) is 4.11. The van der Waals surface area contributed by atoms with Crippen LogP contribution in [0.15, 0.2) is 10.6 Å². The van der Waals surface area contributed by atoms with Crippen molar-refractivity contribution in [2.75, 3.05) is 38.0 Å². The topological polar surface area (TPSA) is 70.4 Å². The fraction of sp³-hybridized carbons (Fsp3) is 0.692. The first-order valence-corrected chi connectivity index (χ1v) is 6.82. The van der Waals surface area contributed by atoms with E-state index in [0.717, 1.165) is 26.2 Å². The summed E-state index contributed by atoms with van der Waals surface area (Å²) < 4.78 is 4.92. The molecule has 1 aromatic rings. The summed E-state index contributed by atoms with van der Waals surface area (Å²) in [5, 5.41) is 9.96. The number of carbonyl (C=O) groups is 1. The van der Waals surface area contributed by atoms with Crippen molar-refractivity contribution in [2.45, 2.75) is 19.8 Å². The molecule has 0 bridgehead atoms. The zero-order chi connectivity index (χ0) is 13.3. The molecule has 112 valence electrons. The van der Waals surface area contributed by atoms with Gasteiger partial charge in [-0.2, -0.15) is 0 Å². The summed E-state index contributed by atoms with van der Waals surface area (Å²) in [4.78, 5) is 14.2. The molecule has 0 aromatic carbocycles. The number of aromatic nitrogens is 1. The Bertz CT molecular complexity index is 471. The summed E-state index contributed by atoms with van der Waals surface area (Å²) in [7, 11) is 0. The van der Waals surface area contributed by atoms with Crippen LogP contribution in [-0.2, 0) is 4.79 Å². The molecule has 1 atom stereocenters. The smallest absolute Gasteiger partial charge is 0.239 e. The Labute approximate surface area is 124 Å². The normalized spacial score (nSPS) is 25.9. The summed E-state index contributed by atoms with van der Waals surface area (Å²) in [6.07, 6.45) is 2.42. The highest BCUT2D eigenvalue weighted by atomic mass is 35.5. The monoisotopic (exact) mass is 300 g/mol. The van der Waals surface area contributed by atoms with E-state index in [1.165, 1.54) is 12.8 Å². The minimum absolute atomic E-state index is 0. The molecule has 2 aliphatic rings. The Balaban J connectivity index is 0.00000147. The van der Waals surface area contributed by atoms with Crippen molar-refractivity contribution in [2.24, 2.45) is 5.41 Å². The van der Waals surface area contributed by atoms with E-state index in [2.05, 4.69) is 20.7 Å². The maximum atomic E-state index is 11.9. The Morgan fingerprint density at radius 2 is 2.45 bits per heavy atom. The quantitative estimate of drug-likeness (QED) is 0.872. The van der Waals surface area contributed by atoms with Crippen molar-refractivity contribution in [3.05, 3.63) is 11.8 Å². The number of halogens is 1. The second-order valence-electron chi connectivity index (χ2n) is 5.76. The average molecular weight is 301 g/mol. The molecule has 20 heavy (non-hydrogen) atoms. The van der Waals surface area contributed by atoms with Crippen molar-refractivity contribution in [1.82, 2.24) is 15.4 Å². The fourth-order valence-corrected chi connectivity index (χ4v) is 3.12. The van der Waals surface area contributed by atoms with Gasteiger partial charge in [0.25, 0.3) is 0 Å². The first kappa shape index (κ1) is 15.3. The Hall–Kier alpha value is -1.11. The molecule has 0 radical (unpaired) electrons. The molecule has 3 heterocycles. The van der Waals surface area contributed by atoms with Crippen molar-refractivity contribution < 1.29 is 9.32 Å². The molecule has 0 saturated carbocycles. The summed E-state index contributed by atoms with van der Waals surface area (Å²) in [6, 6.07) is 1.73. The standard InChI is InChI=1S/C13H20N4O2.ClH/c1-10-6-11(16-19-10)15-12(18)7-17-5-3-13(9-17)2-4-14-8-13;/h6,14H,2-5,7-9H2,1H3,(H,15,16,18);1H. The Kier molecular flexibility index (Phi) is 4.67. The minimum atomic E-state index is -0.0173. The van der Waals surface area contributed by atoms with E-state index in [1.54, 1.807) is 13.0 Å². The highest BCUT2D eigenvalue weighted by Crippen LogP contribution is 2.35. The molecule has 2 N–H and O–H groups in total. The number of nitrogens with one attached hydrogen (secondary N) is 2. The van der Waals surface area contributed by atoms with Gasteiger partial charge in [-0.05, 0) is 38.3 Å². The van der Waals surface area contributed by atoms with Crippen LogP contribution < -0.4 is 10.6 Å². The lowest BCUT2D eigenvalue weighted by atomic mass is 9.87. The van der Waals surface area contributed by atoms with E-state index < -0.39 is 0 Å². The van der Waals surface area contributed by atoms with E-state index in [4.69, 9.17) is 4.52 Å². The number of likely N-dealkylation sites (tertiary alicyclic amines) is 1. The van der Waals surface area contributed by atoms with Gasteiger partial charge in [0, 0.05) is 19.2 Å². The van der Waals surface area contributed by atoms with Gasteiger partial charge in [0.15, 0.2) is 5.82 Å². The molecule has 1 amide bonds. The van der Waals surface area contributed by atoms with Crippen molar-refractivity contribution >= 4 is 24.1 Å². The van der Waals surface area contributed by atoms with Crippen molar-refractivity contribution in [1.29, 1.82) is 0 Å². The van der Waals surface area contributed by atoms with Crippen molar-refractivity contribution in [3.63, 3.8) is 0 Å². The highest BCUT2D eigenvalue weighted by Gasteiger charge is 2.40. The van der Waals surface area contributed by atoms with Crippen LogP contribution in [-0.4, -0.2) is 48.7 Å². The van der Waals surface area contributed by atoms with Gasteiger partial charge in [0.2, 0.25) is 5.91 Å². The van der Waals surface area contributed by atoms with Crippen LogP contribution in [0.2, 0.25) is 0 Å². The van der Waals surface area contributed by atoms with Gasteiger partial charge in [-0.1, -0.05) is 5.16 Å². The lowest BCUT2D eigenvalue weighted by Crippen LogP contribution is -2.34. The van der Waals surface area contributed by atoms with E-state index in [-0.39, 0.29) is 18.3 Å². The third kappa shape index (κ3) is 3.31. The van der Waals surface area contributed by atoms with Crippen LogP contribution in [0, 0.1) is 12.3 Å². The second-order valence-corrected chi connectivity index (χ2v) is 5.76. The van der Waals surface area contributed by atoms with E-state index >= 15 is 0 Å². The molecular formula is C13H21ClN4O2. The molecule has 3 rings (SSSR count). The molecule has 6 nitrogen and oxygen atoms in total. The van der Waals surface area contributed by atoms with Crippen LogP contribution in [0.25, 0.3) is 0 Å². The minimum Gasteiger partial charge on any atom is -0.360 e. The second kappa shape index (κ2) is 6.11. The largest absolute Gasteiger partial charge is 0.360 e. The SMILES string of the molecule is Cc1cc(NC(=O)CN2CCC3(CCNC3)C2)no1.Cl.